The summed E-state index contributed by atoms with van der Waals surface area (Å²) in [5.41, 5.74) is -0.633. The van der Waals surface area contributed by atoms with Gasteiger partial charge in [0.25, 0.3) is 5.56 Å². The first kappa shape index (κ1) is 16.4. The number of rotatable bonds is 3. The molecule has 0 bridgehead atoms. The maximum Gasteiger partial charge on any atom is 0.266 e. The second-order valence-corrected chi connectivity index (χ2v) is 6.76. The fourth-order valence-corrected chi connectivity index (χ4v) is 3.97. The van der Waals surface area contributed by atoms with E-state index in [-0.39, 0.29) is 28.7 Å². The van der Waals surface area contributed by atoms with Crippen LogP contribution < -0.4 is 11.0 Å². The Hall–Kier alpha value is -3.12. The highest BCUT2D eigenvalue weighted by Gasteiger charge is 2.18. The Labute approximate surface area is 151 Å². The lowest BCUT2D eigenvalue weighted by Crippen LogP contribution is -2.27. The van der Waals surface area contributed by atoms with E-state index in [1.165, 1.54) is 28.0 Å². The lowest BCUT2D eigenvalue weighted by Gasteiger charge is -2.12. The van der Waals surface area contributed by atoms with Gasteiger partial charge in [-0.15, -0.1) is 17.9 Å². The van der Waals surface area contributed by atoms with Gasteiger partial charge in [-0.25, -0.2) is 9.37 Å². The summed E-state index contributed by atoms with van der Waals surface area (Å²) < 4.78 is 16.3. The molecule has 6 heteroatoms. The summed E-state index contributed by atoms with van der Waals surface area (Å²) in [6, 6.07) is 13.2. The Morgan fingerprint density at radius 1 is 1.12 bits per heavy atom. The molecule has 0 spiro atoms. The lowest BCUT2D eigenvalue weighted by atomic mass is 10.1. The molecule has 0 radical (unpaired) electrons. The third kappa shape index (κ3) is 2.46. The summed E-state index contributed by atoms with van der Waals surface area (Å²) >= 11 is 1.25. The standard InChI is InChI=1S/C20H13FN2O2S/c1-2-11-23-18(12-7-3-5-9-14(12)21)22-19-16(20(23)25)17(24)13-8-4-6-10-15(13)26-19/h2-10H,1,11H2. The van der Waals surface area contributed by atoms with Gasteiger partial charge in [-0.1, -0.05) is 30.3 Å². The molecule has 0 aliphatic rings. The minimum Gasteiger partial charge on any atom is -0.288 e. The number of hydrogen-bond acceptors (Lipinski definition) is 4. The molecule has 0 N–H and O–H groups in total. The molecule has 0 saturated carbocycles. The van der Waals surface area contributed by atoms with Crippen LogP contribution in [0.3, 0.4) is 0 Å². The van der Waals surface area contributed by atoms with E-state index in [9.17, 15) is 14.0 Å². The number of halogens is 1. The molecule has 0 atom stereocenters. The van der Waals surface area contributed by atoms with Crippen molar-refractivity contribution in [2.45, 2.75) is 6.54 Å². The third-order valence-electron chi connectivity index (χ3n) is 4.13. The van der Waals surface area contributed by atoms with Crippen molar-refractivity contribution < 1.29 is 4.39 Å². The van der Waals surface area contributed by atoms with Crippen LogP contribution >= 0.6 is 11.3 Å². The van der Waals surface area contributed by atoms with Gasteiger partial charge in [-0.2, -0.15) is 0 Å². The number of aromatic nitrogens is 2. The Morgan fingerprint density at radius 3 is 2.62 bits per heavy atom. The number of hydrogen-bond donors (Lipinski definition) is 0. The van der Waals surface area contributed by atoms with Crippen LogP contribution in [0.2, 0.25) is 0 Å². The number of nitrogens with zero attached hydrogens (tertiary/aromatic N) is 2. The topological polar surface area (TPSA) is 52.0 Å². The lowest BCUT2D eigenvalue weighted by molar-refractivity contribution is 0.626. The molecule has 2 aromatic heterocycles. The van der Waals surface area contributed by atoms with E-state index in [1.807, 2.05) is 6.07 Å². The van der Waals surface area contributed by atoms with Gasteiger partial charge in [0.2, 0.25) is 5.43 Å². The fraction of sp³-hybridized carbons (Fsp3) is 0.0500. The molecule has 0 fully saturated rings. The molecule has 2 heterocycles. The van der Waals surface area contributed by atoms with Crippen LogP contribution in [0.1, 0.15) is 0 Å². The van der Waals surface area contributed by atoms with Crippen LogP contribution in [0, 0.1) is 5.82 Å². The van der Waals surface area contributed by atoms with Crippen molar-refractivity contribution >= 4 is 31.6 Å². The second-order valence-electron chi connectivity index (χ2n) is 5.73. The van der Waals surface area contributed by atoms with Crippen LogP contribution in [-0.2, 0) is 6.54 Å². The van der Waals surface area contributed by atoms with Gasteiger partial charge < -0.3 is 0 Å². The van der Waals surface area contributed by atoms with Crippen LogP contribution in [0.5, 0.6) is 0 Å². The molecule has 0 aliphatic heterocycles. The quantitative estimate of drug-likeness (QED) is 0.408. The smallest absolute Gasteiger partial charge is 0.266 e. The summed E-state index contributed by atoms with van der Waals surface area (Å²) in [5.74, 6) is -0.295. The zero-order chi connectivity index (χ0) is 18.3. The highest BCUT2D eigenvalue weighted by molar-refractivity contribution is 7.24. The Kier molecular flexibility index (Phi) is 3.97. The largest absolute Gasteiger partial charge is 0.288 e. The zero-order valence-electron chi connectivity index (χ0n) is 13.6. The number of benzene rings is 2. The maximum absolute atomic E-state index is 14.3. The molecule has 4 nitrogen and oxygen atoms in total. The Balaban J connectivity index is 2.20. The van der Waals surface area contributed by atoms with Gasteiger partial charge >= 0.3 is 0 Å². The number of allylic oxidation sites excluding steroid dienone is 1. The first-order valence-corrected chi connectivity index (χ1v) is 8.75. The predicted molar refractivity (Wildman–Crippen MR) is 103 cm³/mol. The van der Waals surface area contributed by atoms with Crippen molar-refractivity contribution in [1.29, 1.82) is 0 Å². The van der Waals surface area contributed by atoms with E-state index >= 15 is 0 Å². The zero-order valence-corrected chi connectivity index (χ0v) is 14.4. The minimum absolute atomic E-state index is 0.0237. The van der Waals surface area contributed by atoms with Gasteiger partial charge in [-0.3, -0.25) is 14.2 Å². The summed E-state index contributed by atoms with van der Waals surface area (Å²) in [5, 5.41) is 0.503. The monoisotopic (exact) mass is 364 g/mol. The highest BCUT2D eigenvalue weighted by atomic mass is 32.1. The van der Waals surface area contributed by atoms with Gasteiger partial charge in [0.15, 0.2) is 0 Å². The van der Waals surface area contributed by atoms with Gasteiger partial charge in [0, 0.05) is 16.6 Å². The van der Waals surface area contributed by atoms with Crippen molar-refractivity contribution in [3.05, 3.63) is 87.6 Å². The third-order valence-corrected chi connectivity index (χ3v) is 5.19. The summed E-state index contributed by atoms with van der Waals surface area (Å²) in [4.78, 5) is 30.7. The van der Waals surface area contributed by atoms with E-state index in [0.29, 0.717) is 10.2 Å². The molecule has 0 aliphatic carbocycles. The first-order valence-electron chi connectivity index (χ1n) is 7.94. The summed E-state index contributed by atoms with van der Waals surface area (Å²) in [7, 11) is 0. The average Bonchev–Trinajstić information content (AvgIpc) is 2.64. The van der Waals surface area contributed by atoms with E-state index in [2.05, 4.69) is 11.6 Å². The van der Waals surface area contributed by atoms with Crippen molar-refractivity contribution in [3.63, 3.8) is 0 Å². The molecular formula is C20H13FN2O2S. The molecule has 4 aromatic rings. The molecule has 26 heavy (non-hydrogen) atoms. The van der Waals surface area contributed by atoms with Crippen molar-refractivity contribution in [3.8, 4) is 11.4 Å². The normalized spacial score (nSPS) is 11.1. The van der Waals surface area contributed by atoms with Crippen molar-refractivity contribution in [1.82, 2.24) is 9.55 Å². The first-order chi connectivity index (χ1) is 12.6. The molecule has 0 saturated heterocycles. The van der Waals surface area contributed by atoms with E-state index in [0.717, 1.165) is 4.70 Å². The van der Waals surface area contributed by atoms with Gasteiger partial charge in [-0.05, 0) is 24.3 Å². The molecule has 2 aromatic carbocycles. The second kappa shape index (κ2) is 6.31. The molecule has 128 valence electrons. The summed E-state index contributed by atoms with van der Waals surface area (Å²) in [6.07, 6.45) is 1.52. The number of fused-ring (bicyclic) bond motifs is 2. The van der Waals surface area contributed by atoms with Crippen LogP contribution in [0.15, 0.2) is 70.8 Å². The van der Waals surface area contributed by atoms with Crippen LogP contribution in [0.4, 0.5) is 4.39 Å². The minimum atomic E-state index is -0.486. The maximum atomic E-state index is 14.3. The van der Waals surface area contributed by atoms with Crippen LogP contribution in [0.25, 0.3) is 31.7 Å². The van der Waals surface area contributed by atoms with E-state index in [4.69, 9.17) is 0 Å². The Bertz CT molecular complexity index is 1290. The van der Waals surface area contributed by atoms with Gasteiger partial charge in [0.05, 0.1) is 5.56 Å². The predicted octanol–water partition coefficient (Wildman–Crippen LogP) is 3.96. The van der Waals surface area contributed by atoms with Crippen LogP contribution in [-0.4, -0.2) is 9.55 Å². The molecule has 0 amide bonds. The SMILES string of the molecule is C=CCn1c(-c2ccccc2F)nc2sc3ccccc3c(=O)c2c1=O. The molecule has 4 rings (SSSR count). The molecule has 0 unspecified atom stereocenters. The molecular weight excluding hydrogens is 351 g/mol. The summed E-state index contributed by atoms with van der Waals surface area (Å²) in [6.45, 7) is 3.78. The fourth-order valence-electron chi connectivity index (χ4n) is 2.93. The average molecular weight is 364 g/mol. The Morgan fingerprint density at radius 2 is 1.85 bits per heavy atom. The van der Waals surface area contributed by atoms with E-state index < -0.39 is 11.4 Å². The van der Waals surface area contributed by atoms with Gasteiger partial charge in [0.1, 0.15) is 21.9 Å². The van der Waals surface area contributed by atoms with Crippen molar-refractivity contribution in [2.75, 3.05) is 0 Å². The van der Waals surface area contributed by atoms with Crippen molar-refractivity contribution in [2.24, 2.45) is 0 Å². The highest BCUT2D eigenvalue weighted by Crippen LogP contribution is 2.25. The van der Waals surface area contributed by atoms with E-state index in [1.54, 1.807) is 36.4 Å².